The van der Waals surface area contributed by atoms with Gasteiger partial charge in [0.15, 0.2) is 0 Å². The van der Waals surface area contributed by atoms with Crippen LogP contribution in [0.1, 0.15) is 43.4 Å². The van der Waals surface area contributed by atoms with E-state index >= 15 is 0 Å². The van der Waals surface area contributed by atoms with E-state index in [2.05, 4.69) is 6.92 Å². The lowest BCUT2D eigenvalue weighted by Crippen LogP contribution is -2.29. The standard InChI is InChI=1S/C31H29ClN2O4/c1-3-4-7-18-38-23-16-10-20(11-17-23)29(35)27-28(25-19-33(2)26-9-6-5-8-24(25)26)34(31(37)30(27)36)22-14-12-21(32)13-15-22/h5-6,8-17,19,28,35H,3-4,7,18H2,1-2H3/b29-27+. The Labute approximate surface area is 226 Å². The van der Waals surface area contributed by atoms with E-state index in [1.54, 1.807) is 48.5 Å². The van der Waals surface area contributed by atoms with Gasteiger partial charge in [0.1, 0.15) is 11.5 Å². The number of para-hydroxylation sites is 1. The molecule has 1 aliphatic heterocycles. The number of ketones is 1. The summed E-state index contributed by atoms with van der Waals surface area (Å²) in [5.41, 5.74) is 2.69. The first kappa shape index (κ1) is 25.6. The van der Waals surface area contributed by atoms with Crippen LogP contribution in [0.4, 0.5) is 5.69 Å². The third kappa shape index (κ3) is 4.68. The fourth-order valence-corrected chi connectivity index (χ4v) is 5.12. The minimum Gasteiger partial charge on any atom is -0.507 e. The maximum absolute atomic E-state index is 13.5. The number of anilines is 1. The molecule has 0 spiro atoms. The van der Waals surface area contributed by atoms with Crippen LogP contribution in [0.2, 0.25) is 5.02 Å². The molecule has 6 nitrogen and oxygen atoms in total. The molecule has 0 saturated carbocycles. The second kappa shape index (κ2) is 10.8. The number of amides is 1. The van der Waals surface area contributed by atoms with Gasteiger partial charge in [0, 0.05) is 46.0 Å². The summed E-state index contributed by atoms with van der Waals surface area (Å²) >= 11 is 6.10. The number of carbonyl (C=O) groups excluding carboxylic acids is 2. The quantitative estimate of drug-likeness (QED) is 0.115. The van der Waals surface area contributed by atoms with Crippen molar-refractivity contribution in [3.05, 3.63) is 101 Å². The topological polar surface area (TPSA) is 71.8 Å². The van der Waals surface area contributed by atoms with Gasteiger partial charge < -0.3 is 14.4 Å². The van der Waals surface area contributed by atoms with Gasteiger partial charge in [0.05, 0.1) is 18.2 Å². The van der Waals surface area contributed by atoms with Crippen LogP contribution in [0.5, 0.6) is 5.75 Å². The van der Waals surface area contributed by atoms with Gasteiger partial charge in [-0.2, -0.15) is 0 Å². The number of nitrogens with zero attached hydrogens (tertiary/aromatic N) is 2. The number of ether oxygens (including phenoxy) is 1. The van der Waals surface area contributed by atoms with E-state index in [1.807, 2.05) is 42.1 Å². The molecule has 0 aliphatic carbocycles. The van der Waals surface area contributed by atoms with E-state index in [0.29, 0.717) is 28.6 Å². The van der Waals surface area contributed by atoms with Crippen LogP contribution in [-0.2, 0) is 16.6 Å². The first-order valence-corrected chi connectivity index (χ1v) is 13.1. The van der Waals surface area contributed by atoms with Crippen molar-refractivity contribution in [1.82, 2.24) is 4.57 Å². The van der Waals surface area contributed by atoms with E-state index < -0.39 is 17.7 Å². The summed E-state index contributed by atoms with van der Waals surface area (Å²) in [4.78, 5) is 28.4. The van der Waals surface area contributed by atoms with Crippen LogP contribution in [0.15, 0.2) is 84.6 Å². The molecule has 2 heterocycles. The molecule has 3 aromatic carbocycles. The largest absolute Gasteiger partial charge is 0.507 e. The Hall–Kier alpha value is -4.03. The molecule has 1 atom stereocenters. The monoisotopic (exact) mass is 528 g/mol. The Kier molecular flexibility index (Phi) is 7.25. The van der Waals surface area contributed by atoms with Crippen molar-refractivity contribution in [3.8, 4) is 5.75 Å². The number of Topliss-reactive ketones (excluding diaryl/α,β-unsaturated/α-hetero) is 1. The fourth-order valence-electron chi connectivity index (χ4n) is 4.99. The van der Waals surface area contributed by atoms with E-state index in [4.69, 9.17) is 16.3 Å². The summed E-state index contributed by atoms with van der Waals surface area (Å²) in [6.45, 7) is 2.76. The number of halogens is 1. The second-order valence-corrected chi connectivity index (χ2v) is 9.87. The van der Waals surface area contributed by atoms with Crippen LogP contribution >= 0.6 is 11.6 Å². The van der Waals surface area contributed by atoms with Crippen LogP contribution in [0, 0.1) is 0 Å². The van der Waals surface area contributed by atoms with Gasteiger partial charge in [-0.25, -0.2) is 0 Å². The number of benzene rings is 3. The number of hydrogen-bond acceptors (Lipinski definition) is 4. The summed E-state index contributed by atoms with van der Waals surface area (Å²) in [5.74, 6) is -0.988. The number of unbranched alkanes of at least 4 members (excludes halogenated alkanes) is 2. The predicted molar refractivity (Wildman–Crippen MR) is 151 cm³/mol. The molecule has 0 radical (unpaired) electrons. The van der Waals surface area contributed by atoms with E-state index in [1.165, 1.54) is 4.90 Å². The highest BCUT2D eigenvalue weighted by Crippen LogP contribution is 2.44. The number of fused-ring (bicyclic) bond motifs is 1. The molecule has 1 aliphatic rings. The van der Waals surface area contributed by atoms with Crippen LogP contribution < -0.4 is 9.64 Å². The minimum absolute atomic E-state index is 0.0397. The molecule has 5 rings (SSSR count). The van der Waals surface area contributed by atoms with Crippen molar-refractivity contribution < 1.29 is 19.4 Å². The van der Waals surface area contributed by atoms with Crippen molar-refractivity contribution in [2.24, 2.45) is 7.05 Å². The van der Waals surface area contributed by atoms with Crippen LogP contribution in [-0.4, -0.2) is 28.0 Å². The van der Waals surface area contributed by atoms with Crippen molar-refractivity contribution in [2.45, 2.75) is 32.2 Å². The molecule has 38 heavy (non-hydrogen) atoms. The van der Waals surface area contributed by atoms with Gasteiger partial charge in [-0.15, -0.1) is 0 Å². The average molecular weight is 529 g/mol. The Morgan fingerprint density at radius 3 is 2.39 bits per heavy atom. The molecular formula is C31H29ClN2O4. The number of aliphatic hydroxyl groups is 1. The Morgan fingerprint density at radius 2 is 1.68 bits per heavy atom. The Bertz CT molecular complexity index is 1520. The molecule has 194 valence electrons. The summed E-state index contributed by atoms with van der Waals surface area (Å²) in [6.07, 6.45) is 5.09. The highest BCUT2D eigenvalue weighted by molar-refractivity contribution is 6.52. The molecule has 1 saturated heterocycles. The van der Waals surface area contributed by atoms with Gasteiger partial charge in [0.25, 0.3) is 11.7 Å². The molecule has 7 heteroatoms. The molecule has 1 amide bonds. The lowest BCUT2D eigenvalue weighted by atomic mass is 9.94. The SMILES string of the molecule is CCCCCOc1ccc(/C(O)=C2\C(=O)C(=O)N(c3ccc(Cl)cc3)C2c2cn(C)c3ccccc23)cc1. The first-order chi connectivity index (χ1) is 18.4. The summed E-state index contributed by atoms with van der Waals surface area (Å²) in [6, 6.07) is 20.7. The predicted octanol–water partition coefficient (Wildman–Crippen LogP) is 7.03. The van der Waals surface area contributed by atoms with Crippen molar-refractivity contribution in [2.75, 3.05) is 11.5 Å². The first-order valence-electron chi connectivity index (χ1n) is 12.7. The van der Waals surface area contributed by atoms with Crippen molar-refractivity contribution in [1.29, 1.82) is 0 Å². The lowest BCUT2D eigenvalue weighted by molar-refractivity contribution is -0.132. The Morgan fingerprint density at radius 1 is 0.974 bits per heavy atom. The van der Waals surface area contributed by atoms with Gasteiger partial charge >= 0.3 is 0 Å². The maximum atomic E-state index is 13.5. The molecule has 1 unspecified atom stereocenters. The average Bonchev–Trinajstić information content (AvgIpc) is 3.40. The van der Waals surface area contributed by atoms with E-state index in [9.17, 15) is 14.7 Å². The van der Waals surface area contributed by atoms with E-state index in [0.717, 1.165) is 35.7 Å². The lowest BCUT2D eigenvalue weighted by Gasteiger charge is -2.25. The summed E-state index contributed by atoms with van der Waals surface area (Å²) in [5, 5.41) is 12.9. The zero-order chi connectivity index (χ0) is 26.8. The third-order valence-corrected chi connectivity index (χ3v) is 7.17. The van der Waals surface area contributed by atoms with Crippen molar-refractivity contribution >= 4 is 45.6 Å². The van der Waals surface area contributed by atoms with Gasteiger partial charge in [-0.1, -0.05) is 49.6 Å². The van der Waals surface area contributed by atoms with Gasteiger partial charge in [-0.3, -0.25) is 14.5 Å². The third-order valence-electron chi connectivity index (χ3n) is 6.92. The molecular weight excluding hydrogens is 500 g/mol. The second-order valence-electron chi connectivity index (χ2n) is 9.44. The zero-order valence-corrected chi connectivity index (χ0v) is 22.1. The number of rotatable bonds is 8. The summed E-state index contributed by atoms with van der Waals surface area (Å²) < 4.78 is 7.75. The number of carbonyl (C=O) groups is 2. The minimum atomic E-state index is -0.827. The maximum Gasteiger partial charge on any atom is 0.300 e. The normalized spacial score (nSPS) is 16.9. The molecule has 1 fully saturated rings. The zero-order valence-electron chi connectivity index (χ0n) is 21.4. The fraction of sp³-hybridized carbons (Fsp3) is 0.226. The molecule has 1 N–H and O–H groups in total. The molecule has 4 aromatic rings. The van der Waals surface area contributed by atoms with Gasteiger partial charge in [-0.05, 0) is 61.0 Å². The number of aryl methyl sites for hydroxylation is 1. The molecule has 0 bridgehead atoms. The number of aromatic nitrogens is 1. The highest BCUT2D eigenvalue weighted by atomic mass is 35.5. The smallest absolute Gasteiger partial charge is 0.300 e. The van der Waals surface area contributed by atoms with Crippen LogP contribution in [0.25, 0.3) is 16.7 Å². The van der Waals surface area contributed by atoms with Gasteiger partial charge in [0.2, 0.25) is 0 Å². The number of hydrogen-bond donors (Lipinski definition) is 1. The number of aliphatic hydroxyl groups excluding tert-OH is 1. The Balaban J connectivity index is 1.62. The van der Waals surface area contributed by atoms with E-state index in [-0.39, 0.29) is 11.3 Å². The van der Waals surface area contributed by atoms with Crippen LogP contribution in [0.3, 0.4) is 0 Å². The van der Waals surface area contributed by atoms with Crippen molar-refractivity contribution in [3.63, 3.8) is 0 Å². The molecule has 1 aromatic heterocycles. The summed E-state index contributed by atoms with van der Waals surface area (Å²) in [7, 11) is 1.92. The highest BCUT2D eigenvalue weighted by Gasteiger charge is 2.47.